The Morgan fingerprint density at radius 3 is 2.62 bits per heavy atom. The Balaban J connectivity index is 0.00000106. The van der Waals surface area contributed by atoms with Crippen molar-refractivity contribution in [3.63, 3.8) is 0 Å². The molecule has 0 spiro atoms. The molecule has 118 valence electrons. The summed E-state index contributed by atoms with van der Waals surface area (Å²) in [5, 5.41) is 7.99. The number of halogens is 1. The molecule has 0 radical (unpaired) electrons. The Kier molecular flexibility index (Phi) is 7.68. The second-order valence-corrected chi connectivity index (χ2v) is 4.86. The van der Waals surface area contributed by atoms with Crippen LogP contribution in [0.5, 0.6) is 0 Å². The zero-order valence-corrected chi connectivity index (χ0v) is 12.9. The van der Waals surface area contributed by atoms with Crippen molar-refractivity contribution in [3.8, 4) is 0 Å². The molecule has 21 heavy (non-hydrogen) atoms. The molecule has 5 nitrogen and oxygen atoms in total. The first-order valence-corrected chi connectivity index (χ1v) is 7.53. The number of aromatic nitrogens is 2. The van der Waals surface area contributed by atoms with Gasteiger partial charge < -0.3 is 5.73 Å². The molecule has 0 atom stereocenters. The molecular formula is C15H26FN5. The van der Waals surface area contributed by atoms with Crippen molar-refractivity contribution in [2.75, 3.05) is 6.67 Å². The van der Waals surface area contributed by atoms with Gasteiger partial charge in [0.15, 0.2) is 12.5 Å². The highest BCUT2D eigenvalue weighted by Crippen LogP contribution is 2.27. The van der Waals surface area contributed by atoms with Crippen LogP contribution in [0.15, 0.2) is 35.8 Å². The van der Waals surface area contributed by atoms with Crippen LogP contribution in [0, 0.1) is 5.92 Å². The summed E-state index contributed by atoms with van der Waals surface area (Å²) in [6.45, 7) is 7.30. The minimum absolute atomic E-state index is 0.221. The Morgan fingerprint density at radius 2 is 2.10 bits per heavy atom. The summed E-state index contributed by atoms with van der Waals surface area (Å²) in [5.41, 5.74) is 9.55. The Bertz CT molecular complexity index is 433. The second-order valence-electron chi connectivity index (χ2n) is 4.86. The molecule has 3 N–H and O–H groups in total. The molecule has 6 heteroatoms. The van der Waals surface area contributed by atoms with Crippen molar-refractivity contribution in [1.29, 1.82) is 0 Å². The molecule has 1 aliphatic carbocycles. The largest absolute Gasteiger partial charge is 0.328 e. The quantitative estimate of drug-likeness (QED) is 0.510. The van der Waals surface area contributed by atoms with Crippen LogP contribution >= 0.6 is 0 Å². The first kappa shape index (κ1) is 17.4. The van der Waals surface area contributed by atoms with Crippen LogP contribution in [0.25, 0.3) is 0 Å². The third-order valence-corrected chi connectivity index (χ3v) is 3.48. The minimum atomic E-state index is -0.683. The molecule has 0 aliphatic heterocycles. The fraction of sp³-hybridized carbons (Fsp3) is 0.600. The van der Waals surface area contributed by atoms with E-state index in [4.69, 9.17) is 5.73 Å². The second kappa shape index (κ2) is 9.28. The van der Waals surface area contributed by atoms with Crippen LogP contribution in [-0.2, 0) is 0 Å². The van der Waals surface area contributed by atoms with Crippen LogP contribution < -0.4 is 11.2 Å². The number of hydrazone groups is 1. The first-order chi connectivity index (χ1) is 10.2. The molecule has 1 fully saturated rings. The van der Waals surface area contributed by atoms with Gasteiger partial charge in [-0.05, 0) is 31.7 Å². The molecule has 1 aromatic heterocycles. The molecule has 0 unspecified atom stereocenters. The van der Waals surface area contributed by atoms with Crippen LogP contribution in [0.2, 0.25) is 0 Å². The van der Waals surface area contributed by atoms with Gasteiger partial charge in [-0.2, -0.15) is 10.2 Å². The monoisotopic (exact) mass is 295 g/mol. The third-order valence-electron chi connectivity index (χ3n) is 3.48. The third kappa shape index (κ3) is 5.30. The molecule has 1 saturated carbocycles. The topological polar surface area (TPSA) is 68.2 Å². The lowest BCUT2D eigenvalue weighted by molar-refractivity contribution is 0.352. The van der Waals surface area contributed by atoms with Gasteiger partial charge >= 0.3 is 0 Å². The highest BCUT2D eigenvalue weighted by molar-refractivity contribution is 5.84. The van der Waals surface area contributed by atoms with Crippen molar-refractivity contribution in [3.05, 3.63) is 30.7 Å². The highest BCUT2D eigenvalue weighted by atomic mass is 19.1. The molecule has 1 heterocycles. The van der Waals surface area contributed by atoms with E-state index in [0.29, 0.717) is 12.0 Å². The van der Waals surface area contributed by atoms with Crippen molar-refractivity contribution < 1.29 is 4.39 Å². The predicted molar refractivity (Wildman–Crippen MR) is 84.6 cm³/mol. The summed E-state index contributed by atoms with van der Waals surface area (Å²) < 4.78 is 14.3. The number of nitrogens with one attached hydrogen (secondary N) is 1. The number of hydrogen-bond donors (Lipinski definition) is 2. The number of alkyl halides is 1. The number of hydrogen-bond acceptors (Lipinski definition) is 4. The summed E-state index contributed by atoms with van der Waals surface area (Å²) in [5.74, 6) is 0.584. The zero-order valence-electron chi connectivity index (χ0n) is 12.9. The normalized spacial score (nSPS) is 22.2. The minimum Gasteiger partial charge on any atom is -0.328 e. The van der Waals surface area contributed by atoms with Crippen molar-refractivity contribution in [1.82, 2.24) is 15.2 Å². The van der Waals surface area contributed by atoms with E-state index in [1.807, 2.05) is 13.8 Å². The Morgan fingerprint density at radius 1 is 1.43 bits per heavy atom. The van der Waals surface area contributed by atoms with E-state index in [2.05, 4.69) is 22.2 Å². The van der Waals surface area contributed by atoms with E-state index >= 15 is 0 Å². The Labute approximate surface area is 126 Å². The lowest BCUT2D eigenvalue weighted by atomic mass is 9.85. The smallest absolute Gasteiger partial charge is 0.181 e. The molecular weight excluding hydrogens is 269 g/mol. The maximum Gasteiger partial charge on any atom is 0.181 e. The molecule has 1 aliphatic rings. The average Bonchev–Trinajstić information content (AvgIpc) is 3.05. The number of allylic oxidation sites excluding steroid dienone is 1. The van der Waals surface area contributed by atoms with Gasteiger partial charge in [0.2, 0.25) is 0 Å². The van der Waals surface area contributed by atoms with Gasteiger partial charge in [-0.15, -0.1) is 0 Å². The average molecular weight is 295 g/mol. The summed E-state index contributed by atoms with van der Waals surface area (Å²) in [7, 11) is 0. The van der Waals surface area contributed by atoms with Gasteiger partial charge in [0.05, 0.1) is 0 Å². The van der Waals surface area contributed by atoms with Gasteiger partial charge in [0.25, 0.3) is 0 Å². The van der Waals surface area contributed by atoms with Crippen molar-refractivity contribution >= 4 is 5.84 Å². The zero-order chi connectivity index (χ0) is 15.7. The standard InChI is InChI=1S/C13H20FN5.C2H6/c1-10(11-3-5-12(15)6-4-11)17-18-13(9-14)19-8-2-7-16-19;1-2/h2,7-8,11-12,17H,1,3-6,9,15H2;1-2H3/b18-13+;. The molecule has 2 rings (SSSR count). The van der Waals surface area contributed by atoms with Crippen molar-refractivity contribution in [2.24, 2.45) is 16.8 Å². The lowest BCUT2D eigenvalue weighted by Crippen LogP contribution is -2.29. The maximum absolute atomic E-state index is 12.9. The van der Waals surface area contributed by atoms with Crippen LogP contribution in [0.3, 0.4) is 0 Å². The van der Waals surface area contributed by atoms with Gasteiger partial charge in [0, 0.05) is 30.1 Å². The molecule has 0 aromatic carbocycles. The molecule has 0 saturated heterocycles. The SMILES string of the molecule is C=C(N/N=C(\CF)n1cccn1)C1CCC(N)CC1.CC. The fourth-order valence-corrected chi connectivity index (χ4v) is 2.26. The summed E-state index contributed by atoms with van der Waals surface area (Å²) in [6, 6.07) is 2.03. The number of nitrogens with two attached hydrogens (primary N) is 1. The fourth-order valence-electron chi connectivity index (χ4n) is 2.26. The predicted octanol–water partition coefficient (Wildman–Crippen LogP) is 2.66. The summed E-state index contributed by atoms with van der Waals surface area (Å²) >= 11 is 0. The number of rotatable bonds is 4. The Hall–Kier alpha value is -1.69. The molecule has 0 bridgehead atoms. The maximum atomic E-state index is 12.9. The lowest BCUT2D eigenvalue weighted by Gasteiger charge is -2.27. The van der Waals surface area contributed by atoms with Crippen molar-refractivity contribution in [2.45, 2.75) is 45.6 Å². The van der Waals surface area contributed by atoms with E-state index in [0.717, 1.165) is 31.4 Å². The van der Waals surface area contributed by atoms with E-state index in [9.17, 15) is 4.39 Å². The molecule has 0 amide bonds. The van der Waals surface area contributed by atoms with E-state index < -0.39 is 6.67 Å². The first-order valence-electron chi connectivity index (χ1n) is 7.53. The van der Waals surface area contributed by atoms with Gasteiger partial charge in [0.1, 0.15) is 0 Å². The van der Waals surface area contributed by atoms with Gasteiger partial charge in [-0.3, -0.25) is 5.43 Å². The van der Waals surface area contributed by atoms with Crippen LogP contribution in [-0.4, -0.2) is 28.3 Å². The molecule has 1 aromatic rings. The summed E-state index contributed by atoms with van der Waals surface area (Å²) in [4.78, 5) is 0. The number of nitrogens with zero attached hydrogens (tertiary/aromatic N) is 3. The van der Waals surface area contributed by atoms with E-state index in [-0.39, 0.29) is 5.84 Å². The van der Waals surface area contributed by atoms with E-state index in [1.165, 1.54) is 4.68 Å². The van der Waals surface area contributed by atoms with Crippen LogP contribution in [0.1, 0.15) is 39.5 Å². The van der Waals surface area contributed by atoms with Gasteiger partial charge in [-0.25, -0.2) is 9.07 Å². The highest BCUT2D eigenvalue weighted by Gasteiger charge is 2.20. The van der Waals surface area contributed by atoms with Crippen LogP contribution in [0.4, 0.5) is 4.39 Å². The summed E-state index contributed by atoms with van der Waals surface area (Å²) in [6.07, 6.45) is 7.27. The van der Waals surface area contributed by atoms with E-state index in [1.54, 1.807) is 18.5 Å². The van der Waals surface area contributed by atoms with Gasteiger partial charge in [-0.1, -0.05) is 20.4 Å².